The normalized spacial score (nSPS) is 14.6. The van der Waals surface area contributed by atoms with Crippen LogP contribution in [0.4, 0.5) is 17.1 Å². The number of fused-ring (bicyclic) bond motifs is 1. The van der Waals surface area contributed by atoms with E-state index >= 15 is 0 Å². The van der Waals surface area contributed by atoms with Crippen LogP contribution in [0.3, 0.4) is 0 Å². The van der Waals surface area contributed by atoms with Gasteiger partial charge in [-0.05, 0) is 30.3 Å². The largest absolute Gasteiger partial charge is 0.507 e. The van der Waals surface area contributed by atoms with Crippen LogP contribution >= 0.6 is 0 Å². The van der Waals surface area contributed by atoms with E-state index in [2.05, 4.69) is 15.3 Å². The Labute approximate surface area is 150 Å². The molecule has 0 aliphatic carbocycles. The van der Waals surface area contributed by atoms with Gasteiger partial charge in [-0.3, -0.25) is 9.79 Å². The number of benzene rings is 3. The molecule has 0 radical (unpaired) electrons. The topological polar surface area (TPSA) is 74.0 Å². The highest BCUT2D eigenvalue weighted by Crippen LogP contribution is 2.31. The van der Waals surface area contributed by atoms with Crippen molar-refractivity contribution in [3.8, 4) is 5.75 Å². The fraction of sp³-hybridized carbons (Fsp3) is 0. The summed E-state index contributed by atoms with van der Waals surface area (Å²) in [6.07, 6.45) is 1.58. The molecule has 0 saturated carbocycles. The zero-order chi connectivity index (χ0) is 17.9. The van der Waals surface area contributed by atoms with Gasteiger partial charge in [0.1, 0.15) is 11.5 Å². The van der Waals surface area contributed by atoms with Crippen LogP contribution in [0.15, 0.2) is 82.8 Å². The summed E-state index contributed by atoms with van der Waals surface area (Å²) in [6, 6.07) is 21.7. The number of phenols is 1. The quantitative estimate of drug-likeness (QED) is 0.700. The van der Waals surface area contributed by atoms with E-state index in [0.717, 1.165) is 11.3 Å². The fourth-order valence-corrected chi connectivity index (χ4v) is 2.74. The number of hydrogen-bond donors (Lipinski definition) is 2. The molecular formula is C21H15N3O2. The molecule has 0 fully saturated rings. The minimum Gasteiger partial charge on any atom is -0.507 e. The van der Waals surface area contributed by atoms with Crippen molar-refractivity contribution in [3.05, 3.63) is 83.9 Å². The molecule has 3 aromatic carbocycles. The average Bonchev–Trinajstić information content (AvgIpc) is 2.98. The minimum atomic E-state index is -0.231. The Morgan fingerprint density at radius 3 is 2.38 bits per heavy atom. The van der Waals surface area contributed by atoms with Crippen molar-refractivity contribution in [2.45, 2.75) is 0 Å². The van der Waals surface area contributed by atoms with E-state index in [4.69, 9.17) is 0 Å². The second kappa shape index (κ2) is 6.64. The van der Waals surface area contributed by atoms with Crippen molar-refractivity contribution in [1.29, 1.82) is 0 Å². The molecule has 0 saturated heterocycles. The molecule has 4 rings (SSSR count). The van der Waals surface area contributed by atoms with Crippen LogP contribution in [0, 0.1) is 0 Å². The minimum absolute atomic E-state index is 0.157. The van der Waals surface area contributed by atoms with Gasteiger partial charge < -0.3 is 10.4 Å². The number of hydrogen-bond acceptors (Lipinski definition) is 4. The van der Waals surface area contributed by atoms with Crippen LogP contribution in [0.2, 0.25) is 0 Å². The van der Waals surface area contributed by atoms with E-state index in [0.29, 0.717) is 22.6 Å². The van der Waals surface area contributed by atoms with Gasteiger partial charge in [0.15, 0.2) is 0 Å². The molecule has 0 bridgehead atoms. The number of para-hydroxylation sites is 4. The highest BCUT2D eigenvalue weighted by molar-refractivity contribution is 6.54. The van der Waals surface area contributed by atoms with Crippen molar-refractivity contribution < 1.29 is 9.90 Å². The van der Waals surface area contributed by atoms with E-state index < -0.39 is 0 Å². The first-order valence-corrected chi connectivity index (χ1v) is 8.13. The monoisotopic (exact) mass is 341 g/mol. The Hall–Kier alpha value is -3.73. The number of amides is 1. The van der Waals surface area contributed by atoms with Gasteiger partial charge in [0.2, 0.25) is 0 Å². The second-order valence-corrected chi connectivity index (χ2v) is 5.77. The van der Waals surface area contributed by atoms with Crippen LogP contribution in [0.1, 0.15) is 11.1 Å². The number of aliphatic imine (C=N–C) groups is 2. The molecule has 1 heterocycles. The average molecular weight is 341 g/mol. The van der Waals surface area contributed by atoms with Crippen molar-refractivity contribution in [3.63, 3.8) is 0 Å². The van der Waals surface area contributed by atoms with Crippen molar-refractivity contribution in [1.82, 2.24) is 0 Å². The summed E-state index contributed by atoms with van der Waals surface area (Å²) >= 11 is 0. The molecule has 0 unspecified atom stereocenters. The number of nitrogens with zero attached hydrogens (tertiary/aromatic N) is 2. The summed E-state index contributed by atoms with van der Waals surface area (Å²) in [5, 5.41) is 12.7. The van der Waals surface area contributed by atoms with Crippen molar-refractivity contribution in [2.75, 3.05) is 5.32 Å². The first kappa shape index (κ1) is 15.8. The van der Waals surface area contributed by atoms with Crippen LogP contribution in [-0.2, 0) is 4.79 Å². The molecule has 0 spiro atoms. The molecule has 2 N–H and O–H groups in total. The van der Waals surface area contributed by atoms with E-state index in [-0.39, 0.29) is 11.7 Å². The highest BCUT2D eigenvalue weighted by Gasteiger charge is 2.25. The van der Waals surface area contributed by atoms with Gasteiger partial charge in [-0.25, -0.2) is 4.99 Å². The molecule has 1 aliphatic heterocycles. The van der Waals surface area contributed by atoms with Crippen molar-refractivity contribution in [2.24, 2.45) is 9.98 Å². The zero-order valence-corrected chi connectivity index (χ0v) is 13.8. The number of phenolic OH excluding ortho intramolecular Hbond substituents is 1. The molecule has 26 heavy (non-hydrogen) atoms. The van der Waals surface area contributed by atoms with Crippen molar-refractivity contribution >= 4 is 34.9 Å². The van der Waals surface area contributed by atoms with Gasteiger partial charge in [0, 0.05) is 17.3 Å². The van der Waals surface area contributed by atoms with E-state index in [1.807, 2.05) is 48.5 Å². The number of aromatic hydroxyl groups is 1. The number of rotatable bonds is 3. The lowest BCUT2D eigenvalue weighted by atomic mass is 10.1. The van der Waals surface area contributed by atoms with Gasteiger partial charge in [-0.15, -0.1) is 0 Å². The summed E-state index contributed by atoms with van der Waals surface area (Å²) in [6.45, 7) is 0. The Bertz CT molecular complexity index is 1050. The summed E-state index contributed by atoms with van der Waals surface area (Å²) in [5.74, 6) is -0.0742. The number of nitrogens with one attached hydrogen (secondary N) is 1. The van der Waals surface area contributed by atoms with Gasteiger partial charge in [-0.1, -0.05) is 42.5 Å². The lowest BCUT2D eigenvalue weighted by Gasteiger charge is -2.02. The third kappa shape index (κ3) is 2.98. The predicted molar refractivity (Wildman–Crippen MR) is 103 cm³/mol. The molecular weight excluding hydrogens is 326 g/mol. The van der Waals surface area contributed by atoms with E-state index in [1.54, 1.807) is 30.5 Å². The molecule has 0 atom stereocenters. The summed E-state index contributed by atoms with van der Waals surface area (Å²) in [7, 11) is 0. The third-order valence-corrected chi connectivity index (χ3v) is 4.04. The van der Waals surface area contributed by atoms with Crippen LogP contribution in [0.5, 0.6) is 5.75 Å². The maximum Gasteiger partial charge on any atom is 0.275 e. The Morgan fingerprint density at radius 1 is 0.846 bits per heavy atom. The summed E-state index contributed by atoms with van der Waals surface area (Å²) in [5.41, 5.74) is 3.70. The Kier molecular flexibility index (Phi) is 4.03. The van der Waals surface area contributed by atoms with E-state index in [9.17, 15) is 9.90 Å². The second-order valence-electron chi connectivity index (χ2n) is 5.77. The third-order valence-electron chi connectivity index (χ3n) is 4.04. The number of carbonyl (C=O) groups is 1. The molecule has 3 aromatic rings. The molecule has 0 aromatic heterocycles. The van der Waals surface area contributed by atoms with Crippen LogP contribution in [-0.4, -0.2) is 22.9 Å². The molecule has 1 aliphatic rings. The van der Waals surface area contributed by atoms with Gasteiger partial charge in [-0.2, -0.15) is 0 Å². The van der Waals surface area contributed by atoms with Crippen LogP contribution < -0.4 is 5.32 Å². The number of carbonyl (C=O) groups excluding carboxylic acids is 1. The first-order chi connectivity index (χ1) is 12.7. The first-order valence-electron chi connectivity index (χ1n) is 8.13. The summed E-state index contributed by atoms with van der Waals surface area (Å²) < 4.78 is 0. The SMILES string of the molecule is O=C1Nc2ccccc2C1=Nc1ccccc1N=Cc1ccccc1O. The fourth-order valence-electron chi connectivity index (χ4n) is 2.74. The van der Waals surface area contributed by atoms with E-state index in [1.165, 1.54) is 0 Å². The maximum absolute atomic E-state index is 12.3. The lowest BCUT2D eigenvalue weighted by Crippen LogP contribution is -2.13. The predicted octanol–water partition coefficient (Wildman–Crippen LogP) is 4.22. The number of anilines is 1. The maximum atomic E-state index is 12.3. The lowest BCUT2D eigenvalue weighted by molar-refractivity contribution is -0.110. The Morgan fingerprint density at radius 2 is 1.54 bits per heavy atom. The van der Waals surface area contributed by atoms with Gasteiger partial charge in [0.05, 0.1) is 17.1 Å². The van der Waals surface area contributed by atoms with Gasteiger partial charge >= 0.3 is 0 Å². The van der Waals surface area contributed by atoms with Gasteiger partial charge in [0.25, 0.3) is 5.91 Å². The zero-order valence-electron chi connectivity index (χ0n) is 13.8. The highest BCUT2D eigenvalue weighted by atomic mass is 16.3. The standard InChI is InChI=1S/C21H15N3O2/c25-19-12-6-1-7-14(19)13-22-17-10-4-5-11-18(17)23-20-15-8-2-3-9-16(15)24-21(20)26/h1-13,25H,(H,23,24,26). The molecule has 5 nitrogen and oxygen atoms in total. The smallest absolute Gasteiger partial charge is 0.275 e. The summed E-state index contributed by atoms with van der Waals surface area (Å²) in [4.78, 5) is 21.2. The Balaban J connectivity index is 1.73. The molecule has 1 amide bonds. The molecule has 126 valence electrons. The van der Waals surface area contributed by atoms with Crippen LogP contribution in [0.25, 0.3) is 0 Å². The molecule has 5 heteroatoms.